The highest BCUT2D eigenvalue weighted by molar-refractivity contribution is 6.17. The van der Waals surface area contributed by atoms with Gasteiger partial charge in [0.25, 0.3) is 0 Å². The van der Waals surface area contributed by atoms with Crippen molar-refractivity contribution in [3.8, 4) is 0 Å². The van der Waals surface area contributed by atoms with Gasteiger partial charge in [0.2, 0.25) is 0 Å². The van der Waals surface area contributed by atoms with Gasteiger partial charge in [0.05, 0.1) is 0 Å². The van der Waals surface area contributed by atoms with Crippen LogP contribution in [0.15, 0.2) is 0 Å². The van der Waals surface area contributed by atoms with Crippen LogP contribution in [0.3, 0.4) is 0 Å². The van der Waals surface area contributed by atoms with Crippen LogP contribution in [-0.2, 0) is 0 Å². The van der Waals surface area contributed by atoms with Gasteiger partial charge in [0.15, 0.2) is 0 Å². The Morgan fingerprint density at radius 2 is 2.14 bits per heavy atom. The third kappa shape index (κ3) is 4.14. The Balaban J connectivity index is 2.83. The number of hydrogen-bond donors (Lipinski definition) is 0. The van der Waals surface area contributed by atoms with Gasteiger partial charge in [-0.1, -0.05) is 20.3 Å². The minimum atomic E-state index is 0.814. The first-order valence-electron chi connectivity index (χ1n) is 2.87. The maximum absolute atomic E-state index is 5.48. The smallest absolute Gasteiger partial charge is 0.0225 e. The SMILES string of the molecule is CC[C@@H](C)CCCl. The Bertz CT molecular complexity index is 35.2. The fraction of sp³-hybridized carbons (Fsp3) is 1.00. The average molecular weight is 121 g/mol. The van der Waals surface area contributed by atoms with E-state index < -0.39 is 0 Å². The molecule has 0 fully saturated rings. The monoisotopic (exact) mass is 120 g/mol. The normalized spacial score (nSPS) is 14.1. The van der Waals surface area contributed by atoms with E-state index in [1.165, 1.54) is 6.42 Å². The van der Waals surface area contributed by atoms with Crippen molar-refractivity contribution in [2.24, 2.45) is 5.92 Å². The molecule has 0 saturated heterocycles. The van der Waals surface area contributed by atoms with Crippen molar-refractivity contribution < 1.29 is 0 Å². The third-order valence-electron chi connectivity index (χ3n) is 1.30. The molecule has 0 aromatic rings. The highest BCUT2D eigenvalue weighted by Crippen LogP contribution is 2.05. The van der Waals surface area contributed by atoms with E-state index in [9.17, 15) is 0 Å². The van der Waals surface area contributed by atoms with Gasteiger partial charge in [-0.25, -0.2) is 0 Å². The summed E-state index contributed by atoms with van der Waals surface area (Å²) >= 11 is 5.48. The average Bonchev–Trinajstić information content (AvgIpc) is 1.68. The maximum Gasteiger partial charge on any atom is 0.0225 e. The Kier molecular flexibility index (Phi) is 4.63. The zero-order valence-corrected chi connectivity index (χ0v) is 5.83. The second-order valence-electron chi connectivity index (χ2n) is 1.99. The van der Waals surface area contributed by atoms with Crippen molar-refractivity contribution in [3.05, 3.63) is 0 Å². The van der Waals surface area contributed by atoms with Crippen LogP contribution in [0.25, 0.3) is 0 Å². The van der Waals surface area contributed by atoms with Crippen molar-refractivity contribution in [2.75, 3.05) is 5.88 Å². The predicted molar refractivity (Wildman–Crippen MR) is 34.8 cm³/mol. The van der Waals surface area contributed by atoms with E-state index in [0.29, 0.717) is 0 Å². The number of hydrogen-bond acceptors (Lipinski definition) is 0. The Morgan fingerprint density at radius 3 is 2.29 bits per heavy atom. The summed E-state index contributed by atoms with van der Waals surface area (Å²) < 4.78 is 0. The summed E-state index contributed by atoms with van der Waals surface area (Å²) in [7, 11) is 0. The molecular formula is C6H13Cl. The highest BCUT2D eigenvalue weighted by Gasteiger charge is 1.93. The van der Waals surface area contributed by atoms with Crippen LogP contribution in [-0.4, -0.2) is 5.88 Å². The highest BCUT2D eigenvalue weighted by atomic mass is 35.5. The zero-order valence-electron chi connectivity index (χ0n) is 5.08. The van der Waals surface area contributed by atoms with E-state index in [4.69, 9.17) is 11.6 Å². The molecule has 0 bridgehead atoms. The summed E-state index contributed by atoms with van der Waals surface area (Å²) in [6.45, 7) is 4.42. The molecule has 7 heavy (non-hydrogen) atoms. The molecule has 0 amide bonds. The molecule has 44 valence electrons. The number of halogens is 1. The predicted octanol–water partition coefficient (Wildman–Crippen LogP) is 2.66. The van der Waals surface area contributed by atoms with E-state index >= 15 is 0 Å². The quantitative estimate of drug-likeness (QED) is 0.503. The maximum atomic E-state index is 5.48. The number of alkyl halides is 1. The molecule has 0 N–H and O–H groups in total. The molecule has 1 heteroatoms. The van der Waals surface area contributed by atoms with E-state index in [2.05, 4.69) is 13.8 Å². The van der Waals surface area contributed by atoms with Gasteiger partial charge in [-0.15, -0.1) is 11.6 Å². The van der Waals surface area contributed by atoms with Gasteiger partial charge in [-0.05, 0) is 12.3 Å². The lowest BCUT2D eigenvalue weighted by Crippen LogP contribution is -1.90. The van der Waals surface area contributed by atoms with E-state index in [0.717, 1.165) is 18.2 Å². The Labute approximate surface area is 50.9 Å². The largest absolute Gasteiger partial charge is 0.127 e. The molecule has 0 aromatic heterocycles. The van der Waals surface area contributed by atoms with Crippen LogP contribution < -0.4 is 0 Å². The molecule has 0 radical (unpaired) electrons. The van der Waals surface area contributed by atoms with Gasteiger partial charge >= 0.3 is 0 Å². The molecule has 0 nitrogen and oxygen atoms in total. The van der Waals surface area contributed by atoms with Crippen molar-refractivity contribution in [1.82, 2.24) is 0 Å². The summed E-state index contributed by atoms with van der Waals surface area (Å²) in [5.41, 5.74) is 0. The van der Waals surface area contributed by atoms with Gasteiger partial charge < -0.3 is 0 Å². The first-order chi connectivity index (χ1) is 3.31. The topological polar surface area (TPSA) is 0 Å². The van der Waals surface area contributed by atoms with E-state index in [-0.39, 0.29) is 0 Å². The zero-order chi connectivity index (χ0) is 5.70. The fourth-order valence-corrected chi connectivity index (χ4v) is 0.763. The number of rotatable bonds is 3. The van der Waals surface area contributed by atoms with Crippen molar-refractivity contribution in [2.45, 2.75) is 26.7 Å². The van der Waals surface area contributed by atoms with Crippen LogP contribution in [0.1, 0.15) is 26.7 Å². The van der Waals surface area contributed by atoms with Crippen molar-refractivity contribution >= 4 is 11.6 Å². The summed E-state index contributed by atoms with van der Waals surface area (Å²) in [5.74, 6) is 1.63. The van der Waals surface area contributed by atoms with E-state index in [1.807, 2.05) is 0 Å². The minimum Gasteiger partial charge on any atom is -0.127 e. The van der Waals surface area contributed by atoms with Crippen molar-refractivity contribution in [1.29, 1.82) is 0 Å². The second kappa shape index (κ2) is 4.45. The van der Waals surface area contributed by atoms with Gasteiger partial charge in [0, 0.05) is 5.88 Å². The summed E-state index contributed by atoms with van der Waals surface area (Å²) in [6, 6.07) is 0. The van der Waals surface area contributed by atoms with Crippen LogP contribution >= 0.6 is 11.6 Å². The molecule has 0 aromatic carbocycles. The molecule has 0 aliphatic rings. The fourth-order valence-electron chi connectivity index (χ4n) is 0.390. The van der Waals surface area contributed by atoms with Crippen LogP contribution in [0.5, 0.6) is 0 Å². The van der Waals surface area contributed by atoms with Gasteiger partial charge in [-0.2, -0.15) is 0 Å². The van der Waals surface area contributed by atoms with Gasteiger partial charge in [-0.3, -0.25) is 0 Å². The third-order valence-corrected chi connectivity index (χ3v) is 1.52. The molecule has 0 heterocycles. The first-order valence-corrected chi connectivity index (χ1v) is 3.40. The standard InChI is InChI=1S/C6H13Cl/c1-3-6(2)4-5-7/h6H,3-5H2,1-2H3/t6-/m1/s1. The molecular weight excluding hydrogens is 108 g/mol. The first kappa shape index (κ1) is 7.29. The minimum absolute atomic E-state index is 0.814. The molecule has 0 aliphatic carbocycles. The molecule has 0 rings (SSSR count). The van der Waals surface area contributed by atoms with Crippen LogP contribution in [0.2, 0.25) is 0 Å². The van der Waals surface area contributed by atoms with Gasteiger partial charge in [0.1, 0.15) is 0 Å². The summed E-state index contributed by atoms with van der Waals surface area (Å²) in [4.78, 5) is 0. The molecule has 0 aliphatic heterocycles. The second-order valence-corrected chi connectivity index (χ2v) is 2.37. The van der Waals surface area contributed by atoms with Crippen LogP contribution in [0.4, 0.5) is 0 Å². The Hall–Kier alpha value is 0.290. The van der Waals surface area contributed by atoms with Crippen molar-refractivity contribution in [3.63, 3.8) is 0 Å². The lowest BCUT2D eigenvalue weighted by molar-refractivity contribution is 0.547. The summed E-state index contributed by atoms with van der Waals surface area (Å²) in [5, 5.41) is 0. The molecule has 0 spiro atoms. The van der Waals surface area contributed by atoms with Crippen LogP contribution in [0, 0.1) is 5.92 Å². The Morgan fingerprint density at radius 1 is 1.57 bits per heavy atom. The summed E-state index contributed by atoms with van der Waals surface area (Å²) in [6.07, 6.45) is 2.42. The molecule has 0 saturated carbocycles. The molecule has 0 unspecified atom stereocenters. The lowest BCUT2D eigenvalue weighted by atomic mass is 10.1. The van der Waals surface area contributed by atoms with E-state index in [1.54, 1.807) is 0 Å². The lowest BCUT2D eigenvalue weighted by Gasteiger charge is -2.01. The molecule has 1 atom stereocenters.